The number of nitrogens with one attached hydrogen (secondary N) is 1. The maximum absolute atomic E-state index is 11.6. The third-order valence-electron chi connectivity index (χ3n) is 3.25. The van der Waals surface area contributed by atoms with Crippen LogP contribution in [0.1, 0.15) is 29.5 Å². The zero-order chi connectivity index (χ0) is 13.9. The molecule has 1 amide bonds. The van der Waals surface area contributed by atoms with E-state index in [9.17, 15) is 4.79 Å². The molecular weight excluding hydrogens is 232 g/mol. The van der Waals surface area contributed by atoms with Crippen LogP contribution in [0.2, 0.25) is 0 Å². The van der Waals surface area contributed by atoms with Crippen molar-refractivity contribution in [3.63, 3.8) is 0 Å². The molecule has 0 aromatic heterocycles. The van der Waals surface area contributed by atoms with Crippen LogP contribution in [0.25, 0.3) is 0 Å². The van der Waals surface area contributed by atoms with Crippen molar-refractivity contribution in [2.45, 2.75) is 26.7 Å². The number of ether oxygens (including phenoxy) is 2. The fourth-order valence-corrected chi connectivity index (χ4v) is 1.96. The Balaban J connectivity index is 3.42. The molecule has 0 bridgehead atoms. The van der Waals surface area contributed by atoms with E-state index in [2.05, 4.69) is 5.43 Å². The van der Waals surface area contributed by atoms with Crippen LogP contribution in [0.3, 0.4) is 0 Å². The van der Waals surface area contributed by atoms with E-state index in [0.717, 1.165) is 22.4 Å². The molecule has 5 heteroatoms. The fraction of sp³-hybridized carbons (Fsp3) is 0.462. The molecular formula is C13H20N2O3. The lowest BCUT2D eigenvalue weighted by Gasteiger charge is -2.20. The quantitative estimate of drug-likeness (QED) is 0.483. The minimum atomic E-state index is -0.404. The van der Waals surface area contributed by atoms with Crippen molar-refractivity contribution in [2.24, 2.45) is 5.84 Å². The highest BCUT2D eigenvalue weighted by Crippen LogP contribution is 2.37. The van der Waals surface area contributed by atoms with Crippen LogP contribution >= 0.6 is 0 Å². The van der Waals surface area contributed by atoms with Gasteiger partial charge in [-0.15, -0.1) is 0 Å². The topological polar surface area (TPSA) is 73.6 Å². The number of rotatable bonds is 4. The average molecular weight is 252 g/mol. The maximum Gasteiger partial charge on any atom is 0.241 e. The van der Waals surface area contributed by atoms with Gasteiger partial charge in [0.05, 0.1) is 20.1 Å². The molecule has 1 aromatic rings. The number of amides is 1. The number of hydrogen-bond acceptors (Lipinski definition) is 4. The van der Waals surface area contributed by atoms with E-state index in [1.54, 1.807) is 21.1 Å². The van der Waals surface area contributed by atoms with E-state index in [1.165, 1.54) is 0 Å². The van der Waals surface area contributed by atoms with Gasteiger partial charge in [0.15, 0.2) is 0 Å². The second-order valence-electron chi connectivity index (χ2n) is 4.18. The first-order valence-electron chi connectivity index (χ1n) is 5.70. The van der Waals surface area contributed by atoms with Crippen molar-refractivity contribution >= 4 is 5.91 Å². The Bertz CT molecular complexity index is 458. The Morgan fingerprint density at radius 3 is 2.33 bits per heavy atom. The van der Waals surface area contributed by atoms with E-state index < -0.39 is 5.92 Å². The third-order valence-corrected chi connectivity index (χ3v) is 3.25. The zero-order valence-electron chi connectivity index (χ0n) is 11.5. The van der Waals surface area contributed by atoms with E-state index in [4.69, 9.17) is 15.3 Å². The van der Waals surface area contributed by atoms with Crippen molar-refractivity contribution < 1.29 is 14.3 Å². The first-order valence-corrected chi connectivity index (χ1v) is 5.70. The monoisotopic (exact) mass is 252 g/mol. The molecule has 0 radical (unpaired) electrons. The van der Waals surface area contributed by atoms with Crippen LogP contribution in [0.15, 0.2) is 6.07 Å². The summed E-state index contributed by atoms with van der Waals surface area (Å²) in [7, 11) is 3.19. The molecule has 5 nitrogen and oxygen atoms in total. The van der Waals surface area contributed by atoms with Gasteiger partial charge in [0.2, 0.25) is 5.91 Å². The van der Waals surface area contributed by atoms with E-state index in [-0.39, 0.29) is 5.91 Å². The van der Waals surface area contributed by atoms with Gasteiger partial charge in [0.1, 0.15) is 11.5 Å². The van der Waals surface area contributed by atoms with Crippen molar-refractivity contribution in [3.8, 4) is 11.5 Å². The Labute approximate surface area is 107 Å². The lowest BCUT2D eigenvalue weighted by atomic mass is 9.94. The van der Waals surface area contributed by atoms with E-state index >= 15 is 0 Å². The summed E-state index contributed by atoms with van der Waals surface area (Å²) in [6, 6.07) is 1.82. The van der Waals surface area contributed by atoms with Crippen molar-refractivity contribution in [1.29, 1.82) is 0 Å². The molecule has 1 unspecified atom stereocenters. The van der Waals surface area contributed by atoms with Crippen molar-refractivity contribution in [2.75, 3.05) is 14.2 Å². The highest BCUT2D eigenvalue weighted by atomic mass is 16.5. The first kappa shape index (κ1) is 14.3. The number of benzene rings is 1. The van der Waals surface area contributed by atoms with Gasteiger partial charge in [-0.25, -0.2) is 5.84 Å². The number of hydrogen-bond donors (Lipinski definition) is 2. The molecule has 0 saturated carbocycles. The minimum absolute atomic E-state index is 0.265. The molecule has 3 N–H and O–H groups in total. The second kappa shape index (κ2) is 5.73. The minimum Gasteiger partial charge on any atom is -0.496 e. The largest absolute Gasteiger partial charge is 0.496 e. The average Bonchev–Trinajstić information content (AvgIpc) is 2.39. The molecule has 0 aliphatic rings. The summed E-state index contributed by atoms with van der Waals surface area (Å²) in [5.74, 6) is 5.93. The van der Waals surface area contributed by atoms with Crippen LogP contribution in [0.4, 0.5) is 0 Å². The molecule has 0 spiro atoms. The van der Waals surface area contributed by atoms with Crippen molar-refractivity contribution in [1.82, 2.24) is 5.43 Å². The van der Waals surface area contributed by atoms with Gasteiger partial charge in [0, 0.05) is 5.56 Å². The lowest BCUT2D eigenvalue weighted by molar-refractivity contribution is -0.122. The summed E-state index contributed by atoms with van der Waals surface area (Å²) in [6.07, 6.45) is 0. The van der Waals surface area contributed by atoms with Crippen molar-refractivity contribution in [3.05, 3.63) is 22.8 Å². The molecule has 1 rings (SSSR count). The van der Waals surface area contributed by atoms with E-state index in [0.29, 0.717) is 5.75 Å². The third kappa shape index (κ3) is 2.41. The van der Waals surface area contributed by atoms with Crippen LogP contribution in [-0.4, -0.2) is 20.1 Å². The summed E-state index contributed by atoms with van der Waals surface area (Å²) in [5.41, 5.74) is 4.88. The summed E-state index contributed by atoms with van der Waals surface area (Å²) in [4.78, 5) is 11.6. The second-order valence-corrected chi connectivity index (χ2v) is 4.18. The van der Waals surface area contributed by atoms with Gasteiger partial charge in [-0.05, 0) is 38.0 Å². The lowest BCUT2D eigenvalue weighted by Crippen LogP contribution is -2.33. The maximum atomic E-state index is 11.6. The van der Waals surface area contributed by atoms with Gasteiger partial charge in [0.25, 0.3) is 0 Å². The molecule has 100 valence electrons. The molecule has 0 fully saturated rings. The first-order chi connectivity index (χ1) is 8.47. The standard InChI is InChI=1S/C13H20N2O3/c1-7-8(2)12(18-5)10(6-11(7)17-4)9(3)13(16)15-14/h6,9H,14H2,1-5H3,(H,15,16). The van der Waals surface area contributed by atoms with Gasteiger partial charge >= 0.3 is 0 Å². The molecule has 1 aromatic carbocycles. The Morgan fingerprint density at radius 2 is 1.89 bits per heavy atom. The molecule has 18 heavy (non-hydrogen) atoms. The highest BCUT2D eigenvalue weighted by molar-refractivity contribution is 5.84. The van der Waals surface area contributed by atoms with Gasteiger partial charge in [-0.2, -0.15) is 0 Å². The van der Waals surface area contributed by atoms with Crippen LogP contribution in [-0.2, 0) is 4.79 Å². The Morgan fingerprint density at radius 1 is 1.28 bits per heavy atom. The molecule has 0 heterocycles. The number of hydrazine groups is 1. The summed E-state index contributed by atoms with van der Waals surface area (Å²) in [6.45, 7) is 5.66. The zero-order valence-corrected chi connectivity index (χ0v) is 11.5. The molecule has 0 aliphatic heterocycles. The Hall–Kier alpha value is -1.75. The van der Waals surface area contributed by atoms with Gasteiger partial charge < -0.3 is 9.47 Å². The summed E-state index contributed by atoms with van der Waals surface area (Å²) in [5, 5.41) is 0. The van der Waals surface area contributed by atoms with Gasteiger partial charge in [-0.1, -0.05) is 0 Å². The SMILES string of the molecule is COc1cc(C(C)C(=O)NN)c(OC)c(C)c1C. The Kier molecular flexibility index (Phi) is 4.55. The number of carbonyl (C=O) groups excluding carboxylic acids is 1. The summed E-state index contributed by atoms with van der Waals surface area (Å²) >= 11 is 0. The van der Waals surface area contributed by atoms with Gasteiger partial charge in [-0.3, -0.25) is 10.2 Å². The van der Waals surface area contributed by atoms with Crippen LogP contribution < -0.4 is 20.7 Å². The molecule has 0 aliphatic carbocycles. The highest BCUT2D eigenvalue weighted by Gasteiger charge is 2.22. The molecule has 0 saturated heterocycles. The number of carbonyl (C=O) groups is 1. The predicted octanol–water partition coefficient (Wildman–Crippen LogP) is 1.41. The smallest absolute Gasteiger partial charge is 0.241 e. The van der Waals surface area contributed by atoms with Crippen LogP contribution in [0, 0.1) is 13.8 Å². The van der Waals surface area contributed by atoms with E-state index in [1.807, 2.05) is 19.9 Å². The summed E-state index contributed by atoms with van der Waals surface area (Å²) < 4.78 is 10.7. The molecule has 1 atom stereocenters. The predicted molar refractivity (Wildman–Crippen MR) is 69.8 cm³/mol. The number of nitrogens with two attached hydrogens (primary N) is 1. The number of methoxy groups -OCH3 is 2. The fourth-order valence-electron chi connectivity index (χ4n) is 1.96. The van der Waals surface area contributed by atoms with Crippen LogP contribution in [0.5, 0.6) is 11.5 Å². The normalized spacial score (nSPS) is 11.9.